The summed E-state index contributed by atoms with van der Waals surface area (Å²) >= 11 is 1.60. The third kappa shape index (κ3) is 5.93. The first-order valence-corrected chi connectivity index (χ1v) is 8.22. The topological polar surface area (TPSA) is 58.4 Å². The van der Waals surface area contributed by atoms with Gasteiger partial charge in [-0.3, -0.25) is 4.79 Å². The highest BCUT2D eigenvalue weighted by molar-refractivity contribution is 8.00. The average molecular weight is 313 g/mol. The van der Waals surface area contributed by atoms with E-state index in [1.807, 2.05) is 6.92 Å². The Morgan fingerprint density at radius 1 is 1.43 bits per heavy atom. The number of carbonyl (C=O) groups is 1. The number of hydrogen-bond donors (Lipinski definition) is 2. The van der Waals surface area contributed by atoms with Crippen LogP contribution >= 0.6 is 11.8 Å². The highest BCUT2D eigenvalue weighted by atomic mass is 32.2. The fourth-order valence-corrected chi connectivity index (χ4v) is 2.78. The molecule has 118 valence electrons. The third-order valence-electron chi connectivity index (χ3n) is 3.31. The van der Waals surface area contributed by atoms with Crippen molar-refractivity contribution in [3.63, 3.8) is 0 Å². The van der Waals surface area contributed by atoms with Crippen molar-refractivity contribution < 1.29 is 9.18 Å². The van der Waals surface area contributed by atoms with E-state index in [0.717, 1.165) is 25.4 Å². The molecule has 0 fully saturated rings. The van der Waals surface area contributed by atoms with Crippen molar-refractivity contribution in [3.8, 4) is 0 Å². The zero-order valence-corrected chi connectivity index (χ0v) is 13.7. The van der Waals surface area contributed by atoms with Crippen LogP contribution in [0.5, 0.6) is 0 Å². The molecule has 1 aromatic carbocycles. The summed E-state index contributed by atoms with van der Waals surface area (Å²) in [7, 11) is 0. The molecule has 0 heterocycles. The molecule has 3 N–H and O–H groups in total. The zero-order valence-electron chi connectivity index (χ0n) is 12.9. The Hall–Kier alpha value is -1.27. The summed E-state index contributed by atoms with van der Waals surface area (Å²) in [4.78, 5) is 14.4. The number of rotatable bonds is 8. The lowest BCUT2D eigenvalue weighted by Crippen LogP contribution is -2.28. The molecular formula is C15H24FN3OS. The van der Waals surface area contributed by atoms with E-state index in [9.17, 15) is 9.18 Å². The number of carbonyl (C=O) groups excluding carboxylic acids is 1. The van der Waals surface area contributed by atoms with Crippen LogP contribution < -0.4 is 11.1 Å². The predicted octanol–water partition coefficient (Wildman–Crippen LogP) is 2.81. The van der Waals surface area contributed by atoms with Crippen LogP contribution in [0, 0.1) is 5.82 Å². The van der Waals surface area contributed by atoms with Crippen molar-refractivity contribution >= 4 is 29.0 Å². The van der Waals surface area contributed by atoms with Gasteiger partial charge in [-0.25, -0.2) is 4.39 Å². The van der Waals surface area contributed by atoms with Gasteiger partial charge in [0.1, 0.15) is 5.82 Å². The molecule has 0 saturated heterocycles. The van der Waals surface area contributed by atoms with Crippen molar-refractivity contribution in [1.82, 2.24) is 4.90 Å². The van der Waals surface area contributed by atoms with Gasteiger partial charge >= 0.3 is 0 Å². The lowest BCUT2D eigenvalue weighted by atomic mass is 10.2. The first-order chi connectivity index (χ1) is 9.97. The Morgan fingerprint density at radius 3 is 2.67 bits per heavy atom. The van der Waals surface area contributed by atoms with Crippen LogP contribution in [0.25, 0.3) is 0 Å². The van der Waals surface area contributed by atoms with Crippen molar-refractivity contribution in [2.24, 2.45) is 0 Å². The van der Waals surface area contributed by atoms with E-state index in [-0.39, 0.29) is 16.8 Å². The second-order valence-electron chi connectivity index (χ2n) is 4.76. The van der Waals surface area contributed by atoms with Crippen molar-refractivity contribution in [2.75, 3.05) is 36.4 Å². The second-order valence-corrected chi connectivity index (χ2v) is 6.21. The predicted molar refractivity (Wildman–Crippen MR) is 89.2 cm³/mol. The van der Waals surface area contributed by atoms with Crippen LogP contribution in [0.15, 0.2) is 18.2 Å². The SMILES string of the molecule is CCN(CC)CCSC(C)C(=O)Nc1ccc(F)cc1N. The minimum absolute atomic E-state index is 0.113. The molecule has 1 unspecified atom stereocenters. The van der Waals surface area contributed by atoms with Gasteiger partial charge in [0.05, 0.1) is 16.6 Å². The van der Waals surface area contributed by atoms with Crippen molar-refractivity contribution in [3.05, 3.63) is 24.0 Å². The molecule has 0 spiro atoms. The lowest BCUT2D eigenvalue weighted by Gasteiger charge is -2.19. The van der Waals surface area contributed by atoms with Crippen LogP contribution in [-0.2, 0) is 4.79 Å². The Morgan fingerprint density at radius 2 is 2.10 bits per heavy atom. The van der Waals surface area contributed by atoms with Gasteiger partial charge in [0.15, 0.2) is 0 Å². The van der Waals surface area contributed by atoms with Crippen LogP contribution in [0.4, 0.5) is 15.8 Å². The number of nitrogens with two attached hydrogens (primary N) is 1. The van der Waals surface area contributed by atoms with E-state index < -0.39 is 5.82 Å². The van der Waals surface area contributed by atoms with E-state index in [2.05, 4.69) is 24.1 Å². The standard InChI is InChI=1S/C15H24FN3OS/c1-4-19(5-2)8-9-21-11(3)15(20)18-14-7-6-12(16)10-13(14)17/h6-7,10-11H,4-5,8-9,17H2,1-3H3,(H,18,20). The minimum Gasteiger partial charge on any atom is -0.397 e. The Bertz CT molecular complexity index is 466. The second kappa shape index (κ2) is 8.89. The average Bonchev–Trinajstić information content (AvgIpc) is 2.46. The highest BCUT2D eigenvalue weighted by Gasteiger charge is 2.15. The zero-order chi connectivity index (χ0) is 15.8. The summed E-state index contributed by atoms with van der Waals surface area (Å²) in [5.41, 5.74) is 6.37. The van der Waals surface area contributed by atoms with Gasteiger partial charge in [0, 0.05) is 12.3 Å². The highest BCUT2D eigenvalue weighted by Crippen LogP contribution is 2.21. The number of amides is 1. The summed E-state index contributed by atoms with van der Waals surface area (Å²) in [6.45, 7) is 9.12. The molecule has 0 saturated carbocycles. The molecular weight excluding hydrogens is 289 g/mol. The van der Waals surface area contributed by atoms with Gasteiger partial charge < -0.3 is 16.0 Å². The Balaban J connectivity index is 2.44. The molecule has 0 radical (unpaired) electrons. The smallest absolute Gasteiger partial charge is 0.237 e. The molecule has 0 aliphatic heterocycles. The normalized spacial score (nSPS) is 12.4. The van der Waals surface area contributed by atoms with E-state index >= 15 is 0 Å². The number of hydrogen-bond acceptors (Lipinski definition) is 4. The van der Waals surface area contributed by atoms with Crippen molar-refractivity contribution in [1.29, 1.82) is 0 Å². The maximum atomic E-state index is 13.0. The lowest BCUT2D eigenvalue weighted by molar-refractivity contribution is -0.115. The van der Waals surface area contributed by atoms with Crippen molar-refractivity contribution in [2.45, 2.75) is 26.0 Å². The fourth-order valence-electron chi connectivity index (χ4n) is 1.86. The van der Waals surface area contributed by atoms with Crippen LogP contribution in [0.3, 0.4) is 0 Å². The summed E-state index contributed by atoms with van der Waals surface area (Å²) < 4.78 is 13.0. The molecule has 1 atom stereocenters. The molecule has 1 aromatic rings. The third-order valence-corrected chi connectivity index (χ3v) is 4.44. The van der Waals surface area contributed by atoms with Gasteiger partial charge in [0.2, 0.25) is 5.91 Å². The minimum atomic E-state index is -0.410. The number of benzene rings is 1. The van der Waals surface area contributed by atoms with Gasteiger partial charge in [-0.05, 0) is 38.2 Å². The van der Waals surface area contributed by atoms with Gasteiger partial charge in [-0.15, -0.1) is 11.8 Å². The Kier molecular flexibility index (Phi) is 7.53. The number of nitrogens with one attached hydrogen (secondary N) is 1. The maximum Gasteiger partial charge on any atom is 0.237 e. The van der Waals surface area contributed by atoms with Gasteiger partial charge in [-0.1, -0.05) is 13.8 Å². The summed E-state index contributed by atoms with van der Waals surface area (Å²) in [6.07, 6.45) is 0. The molecule has 21 heavy (non-hydrogen) atoms. The van der Waals surface area contributed by atoms with Crippen LogP contribution in [0.2, 0.25) is 0 Å². The Labute approximate surface area is 130 Å². The molecule has 1 rings (SSSR count). The number of nitrogens with zero attached hydrogens (tertiary/aromatic N) is 1. The molecule has 1 amide bonds. The summed E-state index contributed by atoms with van der Waals surface area (Å²) in [6, 6.07) is 3.97. The number of anilines is 2. The molecule has 4 nitrogen and oxygen atoms in total. The maximum absolute atomic E-state index is 13.0. The van der Waals surface area contributed by atoms with Gasteiger partial charge in [-0.2, -0.15) is 0 Å². The summed E-state index contributed by atoms with van der Waals surface area (Å²) in [5.74, 6) is 0.375. The fraction of sp³-hybridized carbons (Fsp3) is 0.533. The number of thioether (sulfide) groups is 1. The quantitative estimate of drug-likeness (QED) is 0.725. The molecule has 0 aromatic heterocycles. The van der Waals surface area contributed by atoms with Crippen LogP contribution in [-0.4, -0.2) is 41.4 Å². The number of nitrogen functional groups attached to an aromatic ring is 1. The largest absolute Gasteiger partial charge is 0.397 e. The van der Waals surface area contributed by atoms with E-state index in [0.29, 0.717) is 5.69 Å². The molecule has 0 aliphatic carbocycles. The first kappa shape index (κ1) is 17.8. The molecule has 0 aliphatic rings. The summed E-state index contributed by atoms with van der Waals surface area (Å²) in [5, 5.41) is 2.56. The van der Waals surface area contributed by atoms with Gasteiger partial charge in [0.25, 0.3) is 0 Å². The monoisotopic (exact) mass is 313 g/mol. The molecule has 0 bridgehead atoms. The van der Waals surface area contributed by atoms with E-state index in [1.165, 1.54) is 18.2 Å². The van der Waals surface area contributed by atoms with E-state index in [4.69, 9.17) is 5.73 Å². The van der Waals surface area contributed by atoms with Crippen LogP contribution in [0.1, 0.15) is 20.8 Å². The molecule has 6 heteroatoms. The van der Waals surface area contributed by atoms with E-state index in [1.54, 1.807) is 11.8 Å². The number of halogens is 1. The first-order valence-electron chi connectivity index (χ1n) is 7.17.